The van der Waals surface area contributed by atoms with E-state index in [1.807, 2.05) is 18.2 Å². The number of hydrogen-bond acceptors (Lipinski definition) is 9. The van der Waals surface area contributed by atoms with E-state index in [9.17, 15) is 4.79 Å². The largest absolute Gasteiger partial charge is 0.385 e. The van der Waals surface area contributed by atoms with Crippen molar-refractivity contribution in [3.8, 4) is 0 Å². The van der Waals surface area contributed by atoms with Crippen LogP contribution in [-0.2, 0) is 4.79 Å². The number of nitrogens with two attached hydrogens (primary N) is 2. The van der Waals surface area contributed by atoms with E-state index in [2.05, 4.69) is 44.4 Å². The summed E-state index contributed by atoms with van der Waals surface area (Å²) in [5, 5.41) is 6.25. The molecular formula is C26H39N9O. The maximum absolute atomic E-state index is 12.7. The fourth-order valence-corrected chi connectivity index (χ4v) is 6.05. The van der Waals surface area contributed by atoms with Gasteiger partial charge in [0.2, 0.25) is 11.9 Å². The third-order valence-electron chi connectivity index (χ3n) is 8.17. The van der Waals surface area contributed by atoms with E-state index in [4.69, 9.17) is 16.5 Å². The maximum atomic E-state index is 12.7. The van der Waals surface area contributed by atoms with Crippen molar-refractivity contribution in [2.24, 2.45) is 11.5 Å². The van der Waals surface area contributed by atoms with Crippen LogP contribution in [0.3, 0.4) is 0 Å². The third kappa shape index (κ3) is 4.74. The minimum atomic E-state index is -0.348. The number of likely N-dealkylation sites (tertiary alicyclic amines) is 1. The predicted octanol–water partition coefficient (Wildman–Crippen LogP) is 1.55. The lowest BCUT2D eigenvalue weighted by Gasteiger charge is -2.54. The third-order valence-corrected chi connectivity index (χ3v) is 8.17. The van der Waals surface area contributed by atoms with Crippen LogP contribution in [0.4, 0.5) is 11.8 Å². The van der Waals surface area contributed by atoms with Gasteiger partial charge in [-0.15, -0.1) is 0 Å². The van der Waals surface area contributed by atoms with Gasteiger partial charge in [0.15, 0.2) is 0 Å². The molecule has 1 amide bonds. The zero-order chi connectivity index (χ0) is 25.3. The molecule has 1 aliphatic carbocycles. The molecule has 5 rings (SSSR count). The van der Waals surface area contributed by atoms with Gasteiger partial charge in [0.1, 0.15) is 17.7 Å². The summed E-state index contributed by atoms with van der Waals surface area (Å²) in [4.78, 5) is 28.8. The van der Waals surface area contributed by atoms with Gasteiger partial charge in [-0.2, -0.15) is 4.98 Å². The number of piperazine rings is 1. The maximum Gasteiger partial charge on any atom is 0.246 e. The van der Waals surface area contributed by atoms with Crippen molar-refractivity contribution < 1.29 is 4.79 Å². The Morgan fingerprint density at radius 3 is 2.67 bits per heavy atom. The minimum absolute atomic E-state index is 0.0239. The van der Waals surface area contributed by atoms with Crippen molar-refractivity contribution >= 4 is 23.7 Å². The highest BCUT2D eigenvalue weighted by Crippen LogP contribution is 2.42. The molecule has 1 aromatic heterocycles. The van der Waals surface area contributed by atoms with Crippen molar-refractivity contribution in [2.45, 2.75) is 62.6 Å². The first-order chi connectivity index (χ1) is 17.4. The number of carbonyl (C=O) groups excluding carboxylic acids is 1. The van der Waals surface area contributed by atoms with E-state index < -0.39 is 0 Å². The summed E-state index contributed by atoms with van der Waals surface area (Å²) >= 11 is 0. The topological polar surface area (TPSA) is 129 Å². The van der Waals surface area contributed by atoms with Crippen LogP contribution in [-0.4, -0.2) is 77.0 Å². The van der Waals surface area contributed by atoms with Crippen LogP contribution in [0.25, 0.3) is 6.08 Å². The van der Waals surface area contributed by atoms with Crippen molar-refractivity contribution in [1.82, 2.24) is 25.1 Å². The highest BCUT2D eigenvalue weighted by Gasteiger charge is 2.49. The smallest absolute Gasteiger partial charge is 0.246 e. The van der Waals surface area contributed by atoms with Gasteiger partial charge in [0, 0.05) is 37.4 Å². The van der Waals surface area contributed by atoms with Gasteiger partial charge in [-0.05, 0) is 51.9 Å². The first-order valence-corrected chi connectivity index (χ1v) is 13.1. The molecule has 6 N–H and O–H groups in total. The molecule has 4 aliphatic rings. The Morgan fingerprint density at radius 2 is 1.94 bits per heavy atom. The van der Waals surface area contributed by atoms with Gasteiger partial charge >= 0.3 is 0 Å². The Hall–Kier alpha value is -3.27. The lowest BCUT2D eigenvalue weighted by atomic mass is 9.77. The van der Waals surface area contributed by atoms with Gasteiger partial charge in [-0.3, -0.25) is 4.79 Å². The average molecular weight is 494 g/mol. The number of rotatable bonds is 5. The van der Waals surface area contributed by atoms with E-state index in [0.717, 1.165) is 63.0 Å². The van der Waals surface area contributed by atoms with E-state index in [1.165, 1.54) is 6.42 Å². The van der Waals surface area contributed by atoms with Crippen LogP contribution in [0.1, 0.15) is 50.5 Å². The fraction of sp³-hybridized carbons (Fsp3) is 0.577. The van der Waals surface area contributed by atoms with Crippen molar-refractivity contribution in [3.63, 3.8) is 0 Å². The fourth-order valence-electron chi connectivity index (χ4n) is 6.05. The number of amides is 1. The highest BCUT2D eigenvalue weighted by molar-refractivity contribution is 5.93. The molecule has 4 heterocycles. The number of anilines is 2. The molecule has 0 radical (unpaired) electrons. The second-order valence-electron chi connectivity index (χ2n) is 10.7. The molecule has 194 valence electrons. The van der Waals surface area contributed by atoms with Crippen LogP contribution in [0.15, 0.2) is 36.1 Å². The molecule has 1 unspecified atom stereocenters. The van der Waals surface area contributed by atoms with Gasteiger partial charge in [-0.25, -0.2) is 4.98 Å². The van der Waals surface area contributed by atoms with Crippen molar-refractivity contribution in [3.05, 3.63) is 41.6 Å². The summed E-state index contributed by atoms with van der Waals surface area (Å²) in [5.41, 5.74) is 13.4. The van der Waals surface area contributed by atoms with Gasteiger partial charge < -0.3 is 36.8 Å². The number of hydrogen-bond donors (Lipinski definition) is 4. The molecule has 2 saturated heterocycles. The Balaban J connectivity index is 1.32. The van der Waals surface area contributed by atoms with Crippen LogP contribution in [0.5, 0.6) is 0 Å². The number of fused-ring (bicyclic) bond motifs is 4. The zero-order valence-electron chi connectivity index (χ0n) is 21.4. The number of aromatic nitrogens is 2. The van der Waals surface area contributed by atoms with Crippen LogP contribution < -0.4 is 27.0 Å². The molecule has 3 fully saturated rings. The molecule has 1 atom stereocenters. The van der Waals surface area contributed by atoms with Gasteiger partial charge in [0.05, 0.1) is 11.4 Å². The Bertz CT molecular complexity index is 1070. The summed E-state index contributed by atoms with van der Waals surface area (Å²) in [6.07, 6.45) is 17.1. The lowest BCUT2D eigenvalue weighted by Crippen LogP contribution is -2.69. The predicted molar refractivity (Wildman–Crippen MR) is 143 cm³/mol. The standard InChI is InChI=1S/C26H39N9O/c1-33(2)19-10-14-34(15-11-19)22(28)9-8-21(27)31-25-29-16-18-6-7-20-24(36)30-17-26(12-4-3-5-13-26)35(20)23(18)32-25/h6-9,16,19-20H,3-5,10-15,17,27-28H2,1-2H3,(H,30,36)(H,29,31,32)/b21-8+,22-9+. The summed E-state index contributed by atoms with van der Waals surface area (Å²) in [6, 6.07) is 0.255. The number of nitrogens with one attached hydrogen (secondary N) is 2. The Labute approximate surface area is 213 Å². The summed E-state index contributed by atoms with van der Waals surface area (Å²) in [5.74, 6) is 2.34. The van der Waals surface area contributed by atoms with Gasteiger partial charge in [-0.1, -0.05) is 31.4 Å². The second-order valence-corrected chi connectivity index (χ2v) is 10.7. The van der Waals surface area contributed by atoms with Crippen molar-refractivity contribution in [1.29, 1.82) is 0 Å². The van der Waals surface area contributed by atoms with E-state index in [1.54, 1.807) is 12.3 Å². The summed E-state index contributed by atoms with van der Waals surface area (Å²) in [7, 11) is 4.26. The molecule has 1 spiro atoms. The molecule has 10 heteroatoms. The normalized spacial score (nSPS) is 24.5. The number of piperidine rings is 1. The summed E-state index contributed by atoms with van der Waals surface area (Å²) < 4.78 is 0. The van der Waals surface area contributed by atoms with Crippen LogP contribution >= 0.6 is 0 Å². The van der Waals surface area contributed by atoms with Crippen LogP contribution in [0.2, 0.25) is 0 Å². The molecule has 10 nitrogen and oxygen atoms in total. The molecule has 1 aromatic rings. The second kappa shape index (κ2) is 10.0. The number of carbonyl (C=O) groups is 1. The van der Waals surface area contributed by atoms with Crippen LogP contribution in [0, 0.1) is 0 Å². The highest BCUT2D eigenvalue weighted by atomic mass is 16.2. The molecule has 1 saturated carbocycles. The zero-order valence-corrected chi connectivity index (χ0v) is 21.4. The number of nitrogens with zero attached hydrogens (tertiary/aromatic N) is 5. The quantitative estimate of drug-likeness (QED) is 0.452. The number of allylic oxidation sites excluding steroid dienone is 2. The van der Waals surface area contributed by atoms with E-state index in [-0.39, 0.29) is 17.5 Å². The Morgan fingerprint density at radius 1 is 1.19 bits per heavy atom. The van der Waals surface area contributed by atoms with E-state index in [0.29, 0.717) is 30.2 Å². The molecule has 36 heavy (non-hydrogen) atoms. The molecule has 0 aromatic carbocycles. The summed E-state index contributed by atoms with van der Waals surface area (Å²) in [6.45, 7) is 2.51. The van der Waals surface area contributed by atoms with E-state index >= 15 is 0 Å². The average Bonchev–Trinajstić information content (AvgIpc) is 2.89. The molecule has 3 aliphatic heterocycles. The first-order valence-electron chi connectivity index (χ1n) is 13.1. The first kappa shape index (κ1) is 24.4. The SMILES string of the molecule is CN(C)C1CCN(/C(N)=C/C=C(\N)Nc2ncc3c(n2)N2C(C=C3)C(=O)NCC23CCCCC3)CC1. The molecular weight excluding hydrogens is 454 g/mol. The minimum Gasteiger partial charge on any atom is -0.385 e. The lowest BCUT2D eigenvalue weighted by molar-refractivity contribution is -0.123. The van der Waals surface area contributed by atoms with Gasteiger partial charge in [0.25, 0.3) is 0 Å². The monoisotopic (exact) mass is 493 g/mol. The Kier molecular flexibility index (Phi) is 6.79. The van der Waals surface area contributed by atoms with Crippen molar-refractivity contribution in [2.75, 3.05) is 43.9 Å². The molecule has 0 bridgehead atoms.